The van der Waals surface area contributed by atoms with E-state index < -0.39 is 0 Å². The van der Waals surface area contributed by atoms with E-state index in [9.17, 15) is 0 Å². The summed E-state index contributed by atoms with van der Waals surface area (Å²) in [6.45, 7) is 0.697. The van der Waals surface area contributed by atoms with Crippen molar-refractivity contribution in [1.29, 1.82) is 0 Å². The molecule has 0 aliphatic carbocycles. The van der Waals surface area contributed by atoms with Gasteiger partial charge in [0, 0.05) is 15.1 Å². The van der Waals surface area contributed by atoms with Crippen molar-refractivity contribution in [2.45, 2.75) is 19.3 Å². The van der Waals surface area contributed by atoms with Gasteiger partial charge >= 0.3 is 0 Å². The van der Waals surface area contributed by atoms with E-state index in [0.29, 0.717) is 21.6 Å². The summed E-state index contributed by atoms with van der Waals surface area (Å²) in [5.74, 6) is 0. The Morgan fingerprint density at radius 3 is 2.07 bits per heavy atom. The van der Waals surface area contributed by atoms with Gasteiger partial charge in [-0.2, -0.15) is 0 Å². The molecule has 1 aromatic rings. The van der Waals surface area contributed by atoms with Crippen LogP contribution in [0.25, 0.3) is 0 Å². The van der Waals surface area contributed by atoms with Crippen LogP contribution in [0, 0.1) is 0 Å². The number of nitrogens with two attached hydrogens (primary N) is 1. The lowest BCUT2D eigenvalue weighted by Gasteiger charge is -2.06. The molecule has 1 aromatic carbocycles. The predicted molar refractivity (Wildman–Crippen MR) is 63.5 cm³/mol. The van der Waals surface area contributed by atoms with Gasteiger partial charge in [-0.25, -0.2) is 0 Å². The van der Waals surface area contributed by atoms with Crippen LogP contribution in [0.5, 0.6) is 0 Å². The second-order valence-corrected chi connectivity index (χ2v) is 4.34. The van der Waals surface area contributed by atoms with Crippen LogP contribution in [0.2, 0.25) is 15.1 Å². The Balaban J connectivity index is 2.75. The van der Waals surface area contributed by atoms with Gasteiger partial charge in [0.15, 0.2) is 0 Å². The summed E-state index contributed by atoms with van der Waals surface area (Å²) >= 11 is 17.8. The van der Waals surface area contributed by atoms with Crippen LogP contribution >= 0.6 is 34.8 Å². The van der Waals surface area contributed by atoms with E-state index in [2.05, 4.69) is 0 Å². The maximum absolute atomic E-state index is 6.01. The molecule has 0 aliphatic heterocycles. The molecule has 0 heterocycles. The topological polar surface area (TPSA) is 26.0 Å². The Hall–Kier alpha value is 0.0500. The van der Waals surface area contributed by atoms with Gasteiger partial charge in [-0.1, -0.05) is 34.8 Å². The number of hydrogen-bond acceptors (Lipinski definition) is 1. The van der Waals surface area contributed by atoms with Crippen molar-refractivity contribution < 1.29 is 0 Å². The van der Waals surface area contributed by atoms with Crippen LogP contribution < -0.4 is 5.73 Å². The average Bonchev–Trinajstić information content (AvgIpc) is 2.09. The first-order chi connectivity index (χ1) is 6.65. The largest absolute Gasteiger partial charge is 0.330 e. The zero-order chi connectivity index (χ0) is 10.6. The predicted octanol–water partition coefficient (Wildman–Crippen LogP) is 3.93. The van der Waals surface area contributed by atoms with Crippen LogP contribution in [0.1, 0.15) is 18.4 Å². The Morgan fingerprint density at radius 2 is 1.57 bits per heavy atom. The molecule has 0 aliphatic rings. The van der Waals surface area contributed by atoms with Gasteiger partial charge in [-0.15, -0.1) is 0 Å². The third kappa shape index (κ3) is 3.32. The molecule has 0 spiro atoms. The monoisotopic (exact) mass is 251 g/mol. The number of unbranched alkanes of at least 4 members (excludes halogenated alkanes) is 1. The highest BCUT2D eigenvalue weighted by molar-refractivity contribution is 6.39. The number of halogens is 3. The summed E-state index contributed by atoms with van der Waals surface area (Å²) in [6, 6.07) is 3.43. The molecule has 2 N–H and O–H groups in total. The van der Waals surface area contributed by atoms with Gasteiger partial charge in [0.25, 0.3) is 0 Å². The highest BCUT2D eigenvalue weighted by Gasteiger charge is 2.06. The molecule has 1 nitrogen and oxygen atoms in total. The van der Waals surface area contributed by atoms with E-state index >= 15 is 0 Å². The number of rotatable bonds is 4. The molecule has 14 heavy (non-hydrogen) atoms. The lowest BCUT2D eigenvalue weighted by Crippen LogP contribution is -1.99. The van der Waals surface area contributed by atoms with Gasteiger partial charge in [-0.3, -0.25) is 0 Å². The molecular weight excluding hydrogens is 240 g/mol. The third-order valence-corrected chi connectivity index (χ3v) is 2.88. The molecule has 1 rings (SSSR count). The van der Waals surface area contributed by atoms with Crippen molar-refractivity contribution in [3.8, 4) is 0 Å². The average molecular weight is 253 g/mol. The van der Waals surface area contributed by atoms with Crippen molar-refractivity contribution in [2.75, 3.05) is 6.54 Å². The van der Waals surface area contributed by atoms with E-state index in [1.54, 1.807) is 12.1 Å². The second kappa shape index (κ2) is 5.82. The maximum atomic E-state index is 6.01. The van der Waals surface area contributed by atoms with Crippen molar-refractivity contribution in [2.24, 2.45) is 5.73 Å². The summed E-state index contributed by atoms with van der Waals surface area (Å²) in [4.78, 5) is 0. The number of hydrogen-bond donors (Lipinski definition) is 1. The van der Waals surface area contributed by atoms with Crippen molar-refractivity contribution >= 4 is 34.8 Å². The quantitative estimate of drug-likeness (QED) is 0.808. The molecule has 0 unspecified atom stereocenters. The van der Waals surface area contributed by atoms with Gasteiger partial charge in [0.1, 0.15) is 0 Å². The molecule has 0 amide bonds. The smallest absolute Gasteiger partial charge is 0.0467 e. The molecule has 0 aromatic heterocycles. The van der Waals surface area contributed by atoms with E-state index in [1.165, 1.54) is 0 Å². The molecule has 0 radical (unpaired) electrons. The van der Waals surface area contributed by atoms with Gasteiger partial charge in [-0.05, 0) is 43.5 Å². The molecule has 0 saturated carbocycles. The summed E-state index contributed by atoms with van der Waals surface area (Å²) in [5, 5.41) is 1.85. The molecule has 0 saturated heterocycles. The minimum absolute atomic E-state index is 0.572. The lowest BCUT2D eigenvalue weighted by atomic mass is 10.1. The fourth-order valence-corrected chi connectivity index (χ4v) is 2.26. The maximum Gasteiger partial charge on any atom is 0.0467 e. The second-order valence-electron chi connectivity index (χ2n) is 3.09. The first-order valence-electron chi connectivity index (χ1n) is 4.48. The molecule has 0 fully saturated rings. The van der Waals surface area contributed by atoms with Gasteiger partial charge in [0.05, 0.1) is 0 Å². The van der Waals surface area contributed by atoms with Crippen LogP contribution in [0.3, 0.4) is 0 Å². The van der Waals surface area contributed by atoms with E-state index in [-0.39, 0.29) is 0 Å². The Bertz CT molecular complexity index is 289. The first kappa shape index (κ1) is 12.1. The van der Waals surface area contributed by atoms with E-state index in [4.69, 9.17) is 40.5 Å². The molecule has 78 valence electrons. The zero-order valence-electron chi connectivity index (χ0n) is 7.69. The first-order valence-corrected chi connectivity index (χ1v) is 5.62. The Labute approximate surface area is 99.1 Å². The van der Waals surface area contributed by atoms with Crippen molar-refractivity contribution in [3.63, 3.8) is 0 Å². The van der Waals surface area contributed by atoms with Crippen LogP contribution in [-0.2, 0) is 6.42 Å². The molecule has 0 bridgehead atoms. The van der Waals surface area contributed by atoms with E-state index in [0.717, 1.165) is 24.8 Å². The fraction of sp³-hybridized carbons (Fsp3) is 0.400. The highest BCUT2D eigenvalue weighted by Crippen LogP contribution is 2.29. The van der Waals surface area contributed by atoms with Crippen molar-refractivity contribution in [3.05, 3.63) is 32.8 Å². The third-order valence-electron chi connectivity index (χ3n) is 1.99. The summed E-state index contributed by atoms with van der Waals surface area (Å²) < 4.78 is 0. The van der Waals surface area contributed by atoms with Gasteiger partial charge in [0.2, 0.25) is 0 Å². The molecular formula is C10H12Cl3N. The van der Waals surface area contributed by atoms with Crippen LogP contribution in [-0.4, -0.2) is 6.54 Å². The fourth-order valence-electron chi connectivity index (χ4n) is 1.26. The minimum Gasteiger partial charge on any atom is -0.330 e. The summed E-state index contributed by atoms with van der Waals surface area (Å²) in [6.07, 6.45) is 2.83. The van der Waals surface area contributed by atoms with Gasteiger partial charge < -0.3 is 5.73 Å². The summed E-state index contributed by atoms with van der Waals surface area (Å²) in [7, 11) is 0. The summed E-state index contributed by atoms with van der Waals surface area (Å²) in [5.41, 5.74) is 6.37. The Morgan fingerprint density at radius 1 is 1.00 bits per heavy atom. The lowest BCUT2D eigenvalue weighted by molar-refractivity contribution is 0.745. The highest BCUT2D eigenvalue weighted by atomic mass is 35.5. The minimum atomic E-state index is 0.572. The Kier molecular flexibility index (Phi) is 5.04. The number of benzene rings is 1. The van der Waals surface area contributed by atoms with E-state index in [1.807, 2.05) is 0 Å². The molecule has 4 heteroatoms. The SMILES string of the molecule is NCCCCc1c(Cl)cc(Cl)cc1Cl. The normalized spacial score (nSPS) is 10.6. The molecule has 0 atom stereocenters. The van der Waals surface area contributed by atoms with Crippen LogP contribution in [0.15, 0.2) is 12.1 Å². The van der Waals surface area contributed by atoms with Crippen molar-refractivity contribution in [1.82, 2.24) is 0 Å². The van der Waals surface area contributed by atoms with Crippen LogP contribution in [0.4, 0.5) is 0 Å². The standard InChI is InChI=1S/C10H12Cl3N/c11-7-5-9(12)8(10(13)6-7)3-1-2-4-14/h5-6H,1-4,14H2. The zero-order valence-corrected chi connectivity index (χ0v) is 9.96.